The summed E-state index contributed by atoms with van der Waals surface area (Å²) in [5, 5.41) is 0. The predicted octanol–water partition coefficient (Wildman–Crippen LogP) is 0.680. The first-order valence-corrected chi connectivity index (χ1v) is 9.05. The highest BCUT2D eigenvalue weighted by atomic mass is 35.5. The van der Waals surface area contributed by atoms with E-state index in [1.165, 1.54) is 12.1 Å². The standard InChI is InChI=1S/C15H24N4O4S.ClH/c1-3-23-14(20)13(5-4-10-18-15(16)17)19-24(21,22)12-8-6-11(2)7-9-12;/h6-9,13,19H,3-5,10H2,1-2H3,(H4,16,17,18);1H/t13-;/m0./s1. The Morgan fingerprint density at radius 2 is 1.88 bits per heavy atom. The molecule has 8 nitrogen and oxygen atoms in total. The minimum absolute atomic E-state index is 0. The summed E-state index contributed by atoms with van der Waals surface area (Å²) in [6.07, 6.45) is 0.651. The lowest BCUT2D eigenvalue weighted by Crippen LogP contribution is -2.42. The summed E-state index contributed by atoms with van der Waals surface area (Å²) >= 11 is 0. The molecule has 0 spiro atoms. The summed E-state index contributed by atoms with van der Waals surface area (Å²) in [5.74, 6) is -0.680. The van der Waals surface area contributed by atoms with Crippen molar-refractivity contribution in [2.75, 3.05) is 13.2 Å². The number of nitrogens with zero attached hydrogens (tertiary/aromatic N) is 1. The molecule has 1 atom stereocenters. The molecule has 1 aromatic carbocycles. The van der Waals surface area contributed by atoms with Gasteiger partial charge < -0.3 is 16.2 Å². The van der Waals surface area contributed by atoms with Gasteiger partial charge >= 0.3 is 5.97 Å². The molecule has 0 saturated heterocycles. The van der Waals surface area contributed by atoms with Gasteiger partial charge in [-0.25, -0.2) is 8.42 Å². The Kier molecular flexibility index (Phi) is 10.1. The van der Waals surface area contributed by atoms with E-state index in [0.717, 1.165) is 5.56 Å². The van der Waals surface area contributed by atoms with Crippen LogP contribution in [0.4, 0.5) is 0 Å². The second kappa shape index (κ2) is 10.9. The average molecular weight is 393 g/mol. The number of carbonyl (C=O) groups excluding carboxylic acids is 1. The lowest BCUT2D eigenvalue weighted by molar-refractivity contribution is -0.145. The molecule has 0 radical (unpaired) electrons. The molecule has 0 aliphatic carbocycles. The number of benzene rings is 1. The Morgan fingerprint density at radius 3 is 2.40 bits per heavy atom. The van der Waals surface area contributed by atoms with Crippen molar-refractivity contribution in [2.45, 2.75) is 37.6 Å². The maximum Gasteiger partial charge on any atom is 0.324 e. The van der Waals surface area contributed by atoms with Gasteiger partial charge in [0.25, 0.3) is 0 Å². The van der Waals surface area contributed by atoms with E-state index in [4.69, 9.17) is 16.2 Å². The molecule has 0 heterocycles. The van der Waals surface area contributed by atoms with E-state index in [2.05, 4.69) is 9.71 Å². The highest BCUT2D eigenvalue weighted by Crippen LogP contribution is 2.12. The SMILES string of the molecule is CCOC(=O)[C@H](CCCN=C(N)N)NS(=O)(=O)c1ccc(C)cc1.Cl. The third-order valence-corrected chi connectivity index (χ3v) is 4.63. The van der Waals surface area contributed by atoms with Crippen LogP contribution in [-0.4, -0.2) is 39.5 Å². The van der Waals surface area contributed by atoms with Crippen LogP contribution in [0.1, 0.15) is 25.3 Å². The monoisotopic (exact) mass is 392 g/mol. The van der Waals surface area contributed by atoms with Gasteiger partial charge in [-0.2, -0.15) is 4.72 Å². The molecule has 0 unspecified atom stereocenters. The highest BCUT2D eigenvalue weighted by molar-refractivity contribution is 7.89. The summed E-state index contributed by atoms with van der Waals surface area (Å²) in [6.45, 7) is 3.97. The number of rotatable bonds is 9. The van der Waals surface area contributed by atoms with Gasteiger partial charge in [-0.15, -0.1) is 12.4 Å². The Morgan fingerprint density at radius 1 is 1.28 bits per heavy atom. The van der Waals surface area contributed by atoms with E-state index < -0.39 is 22.0 Å². The summed E-state index contributed by atoms with van der Waals surface area (Å²) in [4.78, 5) is 15.9. The summed E-state index contributed by atoms with van der Waals surface area (Å²) in [6, 6.07) is 5.35. The number of nitrogens with two attached hydrogens (primary N) is 2. The minimum Gasteiger partial charge on any atom is -0.465 e. The number of guanidine groups is 1. The predicted molar refractivity (Wildman–Crippen MR) is 99.1 cm³/mol. The number of hydrogen-bond acceptors (Lipinski definition) is 5. The van der Waals surface area contributed by atoms with Crippen LogP contribution in [0.2, 0.25) is 0 Å². The number of esters is 1. The molecule has 0 amide bonds. The normalized spacial score (nSPS) is 11.9. The summed E-state index contributed by atoms with van der Waals surface area (Å²) in [5.41, 5.74) is 11.4. The largest absolute Gasteiger partial charge is 0.465 e. The van der Waals surface area contributed by atoms with Crippen LogP contribution in [0.15, 0.2) is 34.2 Å². The zero-order chi connectivity index (χ0) is 18.2. The zero-order valence-corrected chi connectivity index (χ0v) is 15.9. The number of halogens is 1. The van der Waals surface area contributed by atoms with E-state index in [1.807, 2.05) is 6.92 Å². The van der Waals surface area contributed by atoms with Crippen LogP contribution in [0.5, 0.6) is 0 Å². The number of hydrogen-bond donors (Lipinski definition) is 3. The first kappa shape index (κ1) is 23.2. The van der Waals surface area contributed by atoms with Crippen LogP contribution in [-0.2, 0) is 19.6 Å². The Hall–Kier alpha value is -1.84. The lowest BCUT2D eigenvalue weighted by atomic mass is 10.2. The topological polar surface area (TPSA) is 137 Å². The van der Waals surface area contributed by atoms with Crippen molar-refractivity contribution in [1.82, 2.24) is 4.72 Å². The van der Waals surface area contributed by atoms with Gasteiger partial charge in [-0.05, 0) is 38.8 Å². The highest BCUT2D eigenvalue weighted by Gasteiger charge is 2.26. The third kappa shape index (κ3) is 8.19. The van der Waals surface area contributed by atoms with E-state index in [-0.39, 0.29) is 36.3 Å². The van der Waals surface area contributed by atoms with Crippen molar-refractivity contribution in [3.8, 4) is 0 Å². The van der Waals surface area contributed by atoms with Crippen LogP contribution in [0.25, 0.3) is 0 Å². The maximum absolute atomic E-state index is 12.4. The molecule has 0 aromatic heterocycles. The van der Waals surface area contributed by atoms with Crippen LogP contribution >= 0.6 is 12.4 Å². The number of aliphatic imine (C=N–C) groups is 1. The molecular weight excluding hydrogens is 368 g/mol. The van der Waals surface area contributed by atoms with Crippen LogP contribution in [0.3, 0.4) is 0 Å². The van der Waals surface area contributed by atoms with Crippen molar-refractivity contribution in [3.05, 3.63) is 29.8 Å². The van der Waals surface area contributed by atoms with E-state index in [9.17, 15) is 13.2 Å². The molecule has 0 aliphatic rings. The molecule has 10 heteroatoms. The second-order valence-corrected chi connectivity index (χ2v) is 6.90. The fourth-order valence-electron chi connectivity index (χ4n) is 1.94. The Labute approximate surface area is 154 Å². The Bertz CT molecular complexity index is 673. The fourth-order valence-corrected chi connectivity index (χ4v) is 3.16. The molecular formula is C15H25ClN4O4S. The first-order chi connectivity index (χ1) is 11.3. The van der Waals surface area contributed by atoms with Crippen LogP contribution < -0.4 is 16.2 Å². The quantitative estimate of drug-likeness (QED) is 0.244. The molecule has 0 fully saturated rings. The molecule has 1 aromatic rings. The van der Waals surface area contributed by atoms with Gasteiger partial charge in [-0.1, -0.05) is 17.7 Å². The first-order valence-electron chi connectivity index (χ1n) is 7.57. The molecule has 0 saturated carbocycles. The van der Waals surface area contributed by atoms with Gasteiger partial charge in [-0.3, -0.25) is 9.79 Å². The third-order valence-electron chi connectivity index (χ3n) is 3.15. The molecule has 25 heavy (non-hydrogen) atoms. The van der Waals surface area contributed by atoms with Crippen molar-refractivity contribution < 1.29 is 17.9 Å². The molecule has 142 valence electrons. The summed E-state index contributed by atoms with van der Waals surface area (Å²) in [7, 11) is -3.83. The molecule has 1 rings (SSSR count). The van der Waals surface area contributed by atoms with Crippen molar-refractivity contribution in [2.24, 2.45) is 16.5 Å². The number of sulfonamides is 1. The van der Waals surface area contributed by atoms with Gasteiger partial charge in [0.1, 0.15) is 6.04 Å². The maximum atomic E-state index is 12.4. The van der Waals surface area contributed by atoms with Crippen molar-refractivity contribution in [3.63, 3.8) is 0 Å². The number of ether oxygens (including phenoxy) is 1. The van der Waals surface area contributed by atoms with Gasteiger partial charge in [0.05, 0.1) is 11.5 Å². The van der Waals surface area contributed by atoms with Gasteiger partial charge in [0.15, 0.2) is 5.96 Å². The van der Waals surface area contributed by atoms with E-state index >= 15 is 0 Å². The number of carbonyl (C=O) groups is 1. The van der Waals surface area contributed by atoms with E-state index in [1.54, 1.807) is 19.1 Å². The minimum atomic E-state index is -3.83. The summed E-state index contributed by atoms with van der Waals surface area (Å²) < 4.78 is 32.2. The van der Waals surface area contributed by atoms with E-state index in [0.29, 0.717) is 13.0 Å². The Balaban J connectivity index is 0.00000576. The average Bonchev–Trinajstić information content (AvgIpc) is 2.50. The van der Waals surface area contributed by atoms with Gasteiger partial charge in [0, 0.05) is 6.54 Å². The van der Waals surface area contributed by atoms with Crippen molar-refractivity contribution >= 4 is 34.4 Å². The molecule has 0 aliphatic heterocycles. The number of aryl methyl sites for hydroxylation is 1. The second-order valence-electron chi connectivity index (χ2n) is 5.19. The number of nitrogens with one attached hydrogen (secondary N) is 1. The molecule has 0 bridgehead atoms. The lowest BCUT2D eigenvalue weighted by Gasteiger charge is -2.17. The fraction of sp³-hybridized carbons (Fsp3) is 0.467. The zero-order valence-electron chi connectivity index (χ0n) is 14.3. The van der Waals surface area contributed by atoms with Crippen molar-refractivity contribution in [1.29, 1.82) is 0 Å². The molecule has 5 N–H and O–H groups in total. The van der Waals surface area contributed by atoms with Gasteiger partial charge in [0.2, 0.25) is 10.0 Å². The smallest absolute Gasteiger partial charge is 0.324 e. The van der Waals surface area contributed by atoms with Crippen LogP contribution in [0, 0.1) is 6.92 Å².